The maximum absolute atomic E-state index is 12.9. The Morgan fingerprint density at radius 3 is 2.38 bits per heavy atom. The Labute approximate surface area is 170 Å². The molecule has 2 aromatic rings. The number of aromatic hydroxyl groups is 1. The number of phenolic OH excluding ortho intramolecular Hbond substituents is 1. The van der Waals surface area contributed by atoms with E-state index in [1.807, 2.05) is 0 Å². The molecular weight excluding hydrogens is 396 g/mol. The molecule has 0 aliphatic carbocycles. The van der Waals surface area contributed by atoms with Crippen LogP contribution in [0.15, 0.2) is 41.3 Å². The molecule has 0 aliphatic rings. The fraction of sp³-hybridized carbons (Fsp3) is 0.300. The van der Waals surface area contributed by atoms with E-state index in [0.29, 0.717) is 18.7 Å². The predicted molar refractivity (Wildman–Crippen MR) is 109 cm³/mol. The number of esters is 1. The first-order valence-corrected chi connectivity index (χ1v) is 10.4. The largest absolute Gasteiger partial charge is 0.505 e. The van der Waals surface area contributed by atoms with Gasteiger partial charge in [0.05, 0.1) is 17.7 Å². The summed E-state index contributed by atoms with van der Waals surface area (Å²) >= 11 is 0. The molecule has 0 bridgehead atoms. The summed E-state index contributed by atoms with van der Waals surface area (Å²) in [5, 5.41) is 12.7. The maximum atomic E-state index is 12.9. The van der Waals surface area contributed by atoms with Crippen LogP contribution >= 0.6 is 0 Å². The average Bonchev–Trinajstić information content (AvgIpc) is 2.69. The predicted octanol–water partition coefficient (Wildman–Crippen LogP) is 2.77. The normalized spacial score (nSPS) is 11.3. The van der Waals surface area contributed by atoms with Crippen molar-refractivity contribution in [2.75, 3.05) is 25.5 Å². The molecule has 0 unspecified atom stereocenters. The van der Waals surface area contributed by atoms with Gasteiger partial charge < -0.3 is 15.2 Å². The second-order valence-corrected chi connectivity index (χ2v) is 8.12. The van der Waals surface area contributed by atoms with Crippen LogP contribution in [0.25, 0.3) is 0 Å². The Morgan fingerprint density at radius 1 is 1.14 bits per heavy atom. The molecule has 0 fully saturated rings. The molecule has 29 heavy (non-hydrogen) atoms. The van der Waals surface area contributed by atoms with E-state index >= 15 is 0 Å². The van der Waals surface area contributed by atoms with Crippen LogP contribution in [0.4, 0.5) is 5.69 Å². The number of aryl methyl sites for hydroxylation is 1. The van der Waals surface area contributed by atoms with Gasteiger partial charge in [-0.3, -0.25) is 4.79 Å². The smallest absolute Gasteiger partial charge is 0.341 e. The first-order valence-electron chi connectivity index (χ1n) is 8.99. The van der Waals surface area contributed by atoms with Gasteiger partial charge in [-0.2, -0.15) is 4.31 Å². The molecule has 2 aromatic carbocycles. The van der Waals surface area contributed by atoms with Gasteiger partial charge in [-0.1, -0.05) is 26.0 Å². The van der Waals surface area contributed by atoms with E-state index in [1.54, 1.807) is 26.8 Å². The van der Waals surface area contributed by atoms with Crippen LogP contribution in [-0.2, 0) is 14.8 Å². The summed E-state index contributed by atoms with van der Waals surface area (Å²) in [6, 6.07) is 8.61. The highest BCUT2D eigenvalue weighted by atomic mass is 32.2. The first-order chi connectivity index (χ1) is 13.7. The molecule has 8 nitrogen and oxygen atoms in total. The van der Waals surface area contributed by atoms with Gasteiger partial charge in [0.15, 0.2) is 5.75 Å². The Bertz CT molecular complexity index is 1030. The summed E-state index contributed by atoms with van der Waals surface area (Å²) in [7, 11) is -2.57. The van der Waals surface area contributed by atoms with Crippen molar-refractivity contribution in [1.82, 2.24) is 4.31 Å². The third kappa shape index (κ3) is 4.57. The van der Waals surface area contributed by atoms with Gasteiger partial charge in [0, 0.05) is 18.7 Å². The van der Waals surface area contributed by atoms with Crippen molar-refractivity contribution in [3.8, 4) is 5.75 Å². The van der Waals surface area contributed by atoms with Crippen molar-refractivity contribution >= 4 is 27.6 Å². The van der Waals surface area contributed by atoms with Crippen molar-refractivity contribution in [2.24, 2.45) is 0 Å². The number of phenols is 1. The summed E-state index contributed by atoms with van der Waals surface area (Å²) in [5.41, 5.74) is 0.527. The van der Waals surface area contributed by atoms with E-state index in [2.05, 4.69) is 10.1 Å². The van der Waals surface area contributed by atoms with Crippen LogP contribution in [0.2, 0.25) is 0 Å². The van der Waals surface area contributed by atoms with Gasteiger partial charge in [0.25, 0.3) is 5.91 Å². The molecule has 9 heteroatoms. The molecule has 1 amide bonds. The molecule has 0 spiro atoms. The number of rotatable bonds is 7. The summed E-state index contributed by atoms with van der Waals surface area (Å²) in [6.07, 6.45) is 0. The summed E-state index contributed by atoms with van der Waals surface area (Å²) in [5.74, 6) is -1.81. The summed E-state index contributed by atoms with van der Waals surface area (Å²) < 4.78 is 31.6. The van der Waals surface area contributed by atoms with E-state index in [0.717, 1.165) is 0 Å². The Kier molecular flexibility index (Phi) is 6.99. The molecule has 0 aliphatic heterocycles. The van der Waals surface area contributed by atoms with Gasteiger partial charge in [-0.05, 0) is 36.8 Å². The lowest BCUT2D eigenvalue weighted by Crippen LogP contribution is -2.31. The molecule has 0 radical (unpaired) electrons. The van der Waals surface area contributed by atoms with E-state index < -0.39 is 27.6 Å². The number of nitrogens with zero attached hydrogens (tertiary/aromatic N) is 1. The van der Waals surface area contributed by atoms with Crippen LogP contribution < -0.4 is 5.32 Å². The number of amides is 1. The minimum atomic E-state index is -3.75. The van der Waals surface area contributed by atoms with Gasteiger partial charge in [0.1, 0.15) is 5.56 Å². The quantitative estimate of drug-likeness (QED) is 0.526. The second kappa shape index (κ2) is 9.06. The molecule has 0 atom stereocenters. The van der Waals surface area contributed by atoms with E-state index in [4.69, 9.17) is 0 Å². The van der Waals surface area contributed by atoms with Crippen molar-refractivity contribution < 1.29 is 27.9 Å². The molecule has 2 N–H and O–H groups in total. The van der Waals surface area contributed by atoms with E-state index in [1.165, 1.54) is 41.7 Å². The SMILES string of the molecule is CCN(CC)S(=O)(=O)c1cc(C(=O)Nc2cccc(C(=O)OC)c2O)ccc1C. The monoisotopic (exact) mass is 420 g/mol. The topological polar surface area (TPSA) is 113 Å². The number of sulfonamides is 1. The minimum absolute atomic E-state index is 0.00613. The second-order valence-electron chi connectivity index (χ2n) is 6.22. The number of ether oxygens (including phenoxy) is 1. The standard InChI is InChI=1S/C20H24N2O6S/c1-5-22(6-2)29(26,27)17-12-14(11-10-13(17)3)19(24)21-16-9-7-8-15(18(16)23)20(25)28-4/h7-12,23H,5-6H2,1-4H3,(H,21,24). The lowest BCUT2D eigenvalue weighted by Gasteiger charge is -2.20. The molecule has 2 rings (SSSR count). The Hall–Kier alpha value is -2.91. The molecule has 156 valence electrons. The molecule has 0 saturated carbocycles. The number of carbonyl (C=O) groups excluding carboxylic acids is 2. The van der Waals surface area contributed by atoms with Gasteiger partial charge >= 0.3 is 5.97 Å². The zero-order valence-corrected chi connectivity index (χ0v) is 17.5. The number of para-hydroxylation sites is 1. The Morgan fingerprint density at radius 2 is 1.79 bits per heavy atom. The van der Waals surface area contributed by atoms with E-state index in [9.17, 15) is 23.1 Å². The highest BCUT2D eigenvalue weighted by Crippen LogP contribution is 2.29. The third-order valence-corrected chi connectivity index (χ3v) is 6.65. The lowest BCUT2D eigenvalue weighted by molar-refractivity contribution is 0.0597. The zero-order valence-electron chi connectivity index (χ0n) is 16.7. The van der Waals surface area contributed by atoms with Gasteiger partial charge in [0.2, 0.25) is 10.0 Å². The van der Waals surface area contributed by atoms with Gasteiger partial charge in [-0.25, -0.2) is 13.2 Å². The fourth-order valence-electron chi connectivity index (χ4n) is 2.84. The Balaban J connectivity index is 2.40. The van der Waals surface area contributed by atoms with Crippen LogP contribution in [0, 0.1) is 6.92 Å². The minimum Gasteiger partial charge on any atom is -0.505 e. The fourth-order valence-corrected chi connectivity index (χ4v) is 4.54. The highest BCUT2D eigenvalue weighted by molar-refractivity contribution is 7.89. The van der Waals surface area contributed by atoms with Gasteiger partial charge in [-0.15, -0.1) is 0 Å². The zero-order chi connectivity index (χ0) is 21.8. The van der Waals surface area contributed by atoms with Crippen molar-refractivity contribution in [3.63, 3.8) is 0 Å². The molecule has 0 heterocycles. The lowest BCUT2D eigenvalue weighted by atomic mass is 10.1. The van der Waals surface area contributed by atoms with Crippen LogP contribution in [0.5, 0.6) is 5.75 Å². The van der Waals surface area contributed by atoms with E-state index in [-0.39, 0.29) is 21.7 Å². The van der Waals surface area contributed by atoms with Crippen molar-refractivity contribution in [2.45, 2.75) is 25.7 Å². The van der Waals surface area contributed by atoms with Crippen LogP contribution in [-0.4, -0.2) is 49.9 Å². The maximum Gasteiger partial charge on any atom is 0.341 e. The van der Waals surface area contributed by atoms with Crippen molar-refractivity contribution in [1.29, 1.82) is 0 Å². The number of carbonyl (C=O) groups is 2. The number of nitrogens with one attached hydrogen (secondary N) is 1. The number of benzene rings is 2. The molecule has 0 saturated heterocycles. The third-order valence-electron chi connectivity index (χ3n) is 4.46. The molecule has 0 aromatic heterocycles. The summed E-state index contributed by atoms with van der Waals surface area (Å²) in [6.45, 7) is 5.75. The van der Waals surface area contributed by atoms with Crippen molar-refractivity contribution in [3.05, 3.63) is 53.1 Å². The van der Waals surface area contributed by atoms with Crippen LogP contribution in [0.3, 0.4) is 0 Å². The number of hydrogen-bond donors (Lipinski definition) is 2. The number of methoxy groups -OCH3 is 1. The summed E-state index contributed by atoms with van der Waals surface area (Å²) in [4.78, 5) is 24.4. The van der Waals surface area contributed by atoms with Crippen LogP contribution in [0.1, 0.15) is 40.1 Å². The first kappa shape index (κ1) is 22.4. The number of hydrogen-bond acceptors (Lipinski definition) is 6. The molecular formula is C20H24N2O6S. The number of anilines is 1. The highest BCUT2D eigenvalue weighted by Gasteiger charge is 2.25. The average molecular weight is 420 g/mol.